The fraction of sp³-hybridized carbons (Fsp3) is 0.500. The first-order valence-corrected chi connectivity index (χ1v) is 17.5. The fourth-order valence-corrected chi connectivity index (χ4v) is 7.37. The second kappa shape index (κ2) is 15.4. The van der Waals surface area contributed by atoms with Crippen LogP contribution in [-0.2, 0) is 29.1 Å². The number of aromatic amines is 1. The predicted molar refractivity (Wildman–Crippen MR) is 177 cm³/mol. The van der Waals surface area contributed by atoms with Gasteiger partial charge in [0, 0.05) is 36.1 Å². The third-order valence-corrected chi connectivity index (χ3v) is 10.2. The normalized spacial score (nSPS) is 17.9. The first kappa shape index (κ1) is 36.0. The number of rotatable bonds is 13. The van der Waals surface area contributed by atoms with Crippen LogP contribution in [0.25, 0.3) is 10.9 Å². The molecule has 11 nitrogen and oxygen atoms in total. The average Bonchev–Trinajstić information content (AvgIpc) is 3.46. The fourth-order valence-electron chi connectivity index (χ4n) is 5.85. The molecule has 1 aliphatic rings. The first-order valence-electron chi connectivity index (χ1n) is 16.1. The van der Waals surface area contributed by atoms with Crippen LogP contribution in [0.5, 0.6) is 0 Å². The molecule has 5 N–H and O–H groups in total. The Bertz CT molecular complexity index is 1650. The number of sulfonamides is 1. The van der Waals surface area contributed by atoms with Crippen LogP contribution in [0.1, 0.15) is 71.3 Å². The molecule has 1 fully saturated rings. The Morgan fingerprint density at radius 3 is 2.47 bits per heavy atom. The highest BCUT2D eigenvalue weighted by atomic mass is 32.2. The molecule has 13 heteroatoms. The van der Waals surface area contributed by atoms with Crippen molar-refractivity contribution in [2.24, 2.45) is 11.7 Å². The second-order valence-corrected chi connectivity index (χ2v) is 15.0. The molecule has 1 saturated heterocycles. The molecule has 47 heavy (non-hydrogen) atoms. The van der Waals surface area contributed by atoms with Gasteiger partial charge in [0.1, 0.15) is 23.5 Å². The number of para-hydroxylation sites is 1. The minimum atomic E-state index is -3.97. The quantitative estimate of drug-likeness (QED) is 0.158. The van der Waals surface area contributed by atoms with Gasteiger partial charge in [-0.15, -0.1) is 0 Å². The van der Waals surface area contributed by atoms with Gasteiger partial charge in [0.05, 0.1) is 10.8 Å². The lowest BCUT2D eigenvalue weighted by Crippen LogP contribution is -2.56. The third-order valence-electron chi connectivity index (χ3n) is 8.35. The van der Waals surface area contributed by atoms with Crippen LogP contribution >= 0.6 is 0 Å². The number of benzene rings is 2. The van der Waals surface area contributed by atoms with Crippen molar-refractivity contribution in [1.29, 1.82) is 0 Å². The molecule has 3 aromatic rings. The number of ether oxygens (including phenoxy) is 1. The van der Waals surface area contributed by atoms with E-state index in [1.54, 1.807) is 27.0 Å². The number of amides is 2. The number of H-pyrrole nitrogens is 1. The maximum absolute atomic E-state index is 14.1. The number of hydrogen-bond acceptors (Lipinski definition) is 7. The van der Waals surface area contributed by atoms with Crippen LogP contribution in [0.3, 0.4) is 0 Å². The molecule has 2 unspecified atom stereocenters. The molecule has 0 aliphatic carbocycles. The number of hydrogen-bond donors (Lipinski definition) is 4. The molecule has 1 aromatic heterocycles. The Morgan fingerprint density at radius 1 is 1.09 bits per heavy atom. The lowest BCUT2D eigenvalue weighted by Gasteiger charge is -2.33. The smallest absolute Gasteiger partial charge is 0.329 e. The van der Waals surface area contributed by atoms with Gasteiger partial charge in [-0.3, -0.25) is 9.59 Å². The van der Waals surface area contributed by atoms with Crippen molar-refractivity contribution in [1.82, 2.24) is 19.9 Å². The van der Waals surface area contributed by atoms with Gasteiger partial charge in [0.2, 0.25) is 21.8 Å². The van der Waals surface area contributed by atoms with Gasteiger partial charge in [-0.25, -0.2) is 17.6 Å². The van der Waals surface area contributed by atoms with Gasteiger partial charge in [-0.1, -0.05) is 25.1 Å². The molecule has 1 aliphatic heterocycles. The van der Waals surface area contributed by atoms with Gasteiger partial charge >= 0.3 is 5.97 Å². The number of aromatic nitrogens is 1. The summed E-state index contributed by atoms with van der Waals surface area (Å²) < 4.78 is 47.0. The number of piperidine rings is 1. The molecular weight excluding hydrogens is 625 g/mol. The Morgan fingerprint density at radius 2 is 1.79 bits per heavy atom. The highest BCUT2D eigenvalue weighted by Gasteiger charge is 2.38. The van der Waals surface area contributed by atoms with Crippen LogP contribution in [0.4, 0.5) is 4.39 Å². The van der Waals surface area contributed by atoms with Crippen LogP contribution in [-0.4, -0.2) is 72.8 Å². The number of nitrogens with one attached hydrogen (secondary N) is 3. The number of carbonyl (C=O) groups excluding carboxylic acids is 3. The van der Waals surface area contributed by atoms with Crippen molar-refractivity contribution in [3.05, 3.63) is 66.1 Å². The molecule has 0 spiro atoms. The third kappa shape index (κ3) is 9.17. The van der Waals surface area contributed by atoms with Crippen LogP contribution in [0.15, 0.2) is 59.6 Å². The van der Waals surface area contributed by atoms with Crippen molar-refractivity contribution < 1.29 is 31.9 Å². The van der Waals surface area contributed by atoms with Gasteiger partial charge in [-0.05, 0) is 95.3 Å². The lowest BCUT2D eigenvalue weighted by atomic mass is 9.90. The number of nitrogens with zero attached hydrogens (tertiary/aromatic N) is 1. The zero-order valence-electron chi connectivity index (χ0n) is 27.4. The van der Waals surface area contributed by atoms with Gasteiger partial charge in [0.15, 0.2) is 0 Å². The molecule has 4 rings (SSSR count). The standard InChI is InChI=1S/C34H46FN5O6S/c1-22(27-20-37-28-12-6-5-11-26(27)28)30(32(42)38-29(13-7-8-18-36)33(43)46-34(2,3)4)39-31(41)23-10-9-19-40(21-23)47(44,45)25-16-14-24(35)15-17-25/h5-6,11-12,14-17,20,22-23,29-30,37H,7-10,13,18-19,21,36H2,1-4H3,(H,38,42)(H,39,41)/t22-,23?,29-,30?/m0/s1. The number of unbranched alkanes of at least 4 members (excludes halogenated alkanes) is 1. The number of fused-ring (bicyclic) bond motifs is 1. The average molecular weight is 672 g/mol. The van der Waals surface area contributed by atoms with E-state index in [1.165, 1.54) is 16.4 Å². The predicted octanol–water partition coefficient (Wildman–Crippen LogP) is 3.95. The summed E-state index contributed by atoms with van der Waals surface area (Å²) in [6.07, 6.45) is 4.17. The van der Waals surface area contributed by atoms with Crippen molar-refractivity contribution in [2.75, 3.05) is 19.6 Å². The second-order valence-electron chi connectivity index (χ2n) is 13.1. The van der Waals surface area contributed by atoms with Crippen LogP contribution in [0, 0.1) is 11.7 Å². The van der Waals surface area contributed by atoms with E-state index in [4.69, 9.17) is 10.5 Å². The summed E-state index contributed by atoms with van der Waals surface area (Å²) in [7, 11) is -3.97. The van der Waals surface area contributed by atoms with Gasteiger partial charge < -0.3 is 26.1 Å². The van der Waals surface area contributed by atoms with Crippen LogP contribution < -0.4 is 16.4 Å². The van der Waals surface area contributed by atoms with Crippen LogP contribution in [0.2, 0.25) is 0 Å². The van der Waals surface area contributed by atoms with E-state index in [9.17, 15) is 27.2 Å². The van der Waals surface area contributed by atoms with Gasteiger partial charge in [-0.2, -0.15) is 4.31 Å². The van der Waals surface area contributed by atoms with Crippen molar-refractivity contribution in [2.45, 2.75) is 88.3 Å². The highest BCUT2D eigenvalue weighted by molar-refractivity contribution is 7.89. The molecule has 4 atom stereocenters. The lowest BCUT2D eigenvalue weighted by molar-refractivity contribution is -0.159. The van der Waals surface area contributed by atoms with E-state index in [-0.39, 0.29) is 18.0 Å². The maximum atomic E-state index is 14.1. The molecule has 0 saturated carbocycles. The Balaban J connectivity index is 1.59. The zero-order valence-corrected chi connectivity index (χ0v) is 28.2. The zero-order chi connectivity index (χ0) is 34.4. The number of carbonyl (C=O) groups is 3. The summed E-state index contributed by atoms with van der Waals surface area (Å²) in [6, 6.07) is 10.1. The van der Waals surface area contributed by atoms with E-state index in [1.807, 2.05) is 31.2 Å². The molecule has 2 aromatic carbocycles. The summed E-state index contributed by atoms with van der Waals surface area (Å²) in [5.41, 5.74) is 6.55. The minimum absolute atomic E-state index is 0.0620. The first-order chi connectivity index (χ1) is 22.2. The van der Waals surface area contributed by atoms with E-state index < -0.39 is 63.1 Å². The molecule has 0 bridgehead atoms. The monoisotopic (exact) mass is 671 g/mol. The topological polar surface area (TPSA) is 164 Å². The summed E-state index contributed by atoms with van der Waals surface area (Å²) >= 11 is 0. The van der Waals surface area contributed by atoms with Crippen molar-refractivity contribution in [3.8, 4) is 0 Å². The number of esters is 1. The summed E-state index contributed by atoms with van der Waals surface area (Å²) in [6.45, 7) is 7.60. The molecule has 2 amide bonds. The number of halogens is 1. The minimum Gasteiger partial charge on any atom is -0.458 e. The summed E-state index contributed by atoms with van der Waals surface area (Å²) in [4.78, 5) is 44.3. The number of nitrogens with two attached hydrogens (primary N) is 1. The Hall–Kier alpha value is -3.81. The molecule has 256 valence electrons. The van der Waals surface area contributed by atoms with Crippen molar-refractivity contribution >= 4 is 38.7 Å². The summed E-state index contributed by atoms with van der Waals surface area (Å²) in [5.74, 6) is -3.46. The highest BCUT2D eigenvalue weighted by Crippen LogP contribution is 2.29. The maximum Gasteiger partial charge on any atom is 0.329 e. The molecule has 0 radical (unpaired) electrons. The molecule has 2 heterocycles. The Kier molecular flexibility index (Phi) is 11.8. The largest absolute Gasteiger partial charge is 0.458 e. The molecular formula is C34H46FN5O6S. The van der Waals surface area contributed by atoms with E-state index >= 15 is 0 Å². The SMILES string of the molecule is C[C@@H](c1c[nH]c2ccccc12)C(NC(=O)C1CCCN(S(=O)(=O)c2ccc(F)cc2)C1)C(=O)N[C@@H](CCCCN)C(=O)OC(C)(C)C. The van der Waals surface area contributed by atoms with E-state index in [0.717, 1.165) is 28.6 Å². The Labute approximate surface area is 275 Å². The van der Waals surface area contributed by atoms with Crippen molar-refractivity contribution in [3.63, 3.8) is 0 Å². The van der Waals surface area contributed by atoms with E-state index in [2.05, 4.69) is 15.6 Å². The van der Waals surface area contributed by atoms with Gasteiger partial charge in [0.25, 0.3) is 0 Å². The van der Waals surface area contributed by atoms with E-state index in [0.29, 0.717) is 38.6 Å². The summed E-state index contributed by atoms with van der Waals surface area (Å²) in [5, 5.41) is 6.63.